The van der Waals surface area contributed by atoms with Crippen molar-refractivity contribution < 1.29 is 19.1 Å². The number of carbonyl (C=O) groups is 2. The first-order valence-electron chi connectivity index (χ1n) is 5.70. The quantitative estimate of drug-likeness (QED) is 0.735. The van der Waals surface area contributed by atoms with E-state index in [0.29, 0.717) is 0 Å². The van der Waals surface area contributed by atoms with E-state index < -0.39 is 11.6 Å². The molecule has 0 rings (SSSR count). The average molecular weight is 245 g/mol. The molecule has 1 atom stereocenters. The predicted octanol–water partition coefficient (Wildman–Crippen LogP) is 1.12. The van der Waals surface area contributed by atoms with Crippen molar-refractivity contribution in [1.82, 2.24) is 5.32 Å². The van der Waals surface area contributed by atoms with Crippen LogP contribution in [0.1, 0.15) is 34.6 Å². The van der Waals surface area contributed by atoms with Crippen LogP contribution in [-0.2, 0) is 19.1 Å². The van der Waals surface area contributed by atoms with Crippen molar-refractivity contribution in [3.63, 3.8) is 0 Å². The smallest absolute Gasteiger partial charge is 0.323 e. The summed E-state index contributed by atoms with van der Waals surface area (Å²) in [6, 6.07) is -0.493. The molecular weight excluding hydrogens is 222 g/mol. The number of esters is 2. The second kappa shape index (κ2) is 6.59. The fourth-order valence-electron chi connectivity index (χ4n) is 1.29. The van der Waals surface area contributed by atoms with E-state index in [2.05, 4.69) is 10.1 Å². The Hall–Kier alpha value is -1.10. The van der Waals surface area contributed by atoms with Crippen molar-refractivity contribution in [2.24, 2.45) is 5.92 Å². The van der Waals surface area contributed by atoms with Gasteiger partial charge in [0.05, 0.1) is 13.7 Å². The summed E-state index contributed by atoms with van der Waals surface area (Å²) in [5, 5.41) is 2.84. The number of methoxy groups -OCH3 is 1. The van der Waals surface area contributed by atoms with Gasteiger partial charge in [-0.25, -0.2) is 0 Å². The van der Waals surface area contributed by atoms with Gasteiger partial charge in [-0.15, -0.1) is 0 Å². The Morgan fingerprint density at radius 3 is 2.12 bits per heavy atom. The molecule has 0 heterocycles. The Bertz CT molecular complexity index is 268. The van der Waals surface area contributed by atoms with Gasteiger partial charge < -0.3 is 9.47 Å². The highest BCUT2D eigenvalue weighted by Gasteiger charge is 2.24. The summed E-state index contributed by atoms with van der Waals surface area (Å²) in [5.74, 6) is -0.708. The van der Waals surface area contributed by atoms with E-state index in [0.717, 1.165) is 0 Å². The lowest BCUT2D eigenvalue weighted by atomic mass is 10.0. The molecule has 0 saturated heterocycles. The molecule has 0 aromatic heterocycles. The van der Waals surface area contributed by atoms with Crippen LogP contribution < -0.4 is 5.32 Å². The third-order valence-electron chi connectivity index (χ3n) is 2.01. The molecule has 17 heavy (non-hydrogen) atoms. The highest BCUT2D eigenvalue weighted by atomic mass is 16.6. The minimum Gasteiger partial charge on any atom is -0.468 e. The molecule has 0 aliphatic rings. The summed E-state index contributed by atoms with van der Waals surface area (Å²) in [7, 11) is 1.33. The lowest BCUT2D eigenvalue weighted by Gasteiger charge is -2.22. The molecule has 0 saturated carbocycles. The first-order valence-corrected chi connectivity index (χ1v) is 5.70. The largest absolute Gasteiger partial charge is 0.468 e. The van der Waals surface area contributed by atoms with Crippen LogP contribution in [0.4, 0.5) is 0 Å². The van der Waals surface area contributed by atoms with Gasteiger partial charge in [-0.3, -0.25) is 14.9 Å². The average Bonchev–Trinajstić information content (AvgIpc) is 2.14. The van der Waals surface area contributed by atoms with E-state index in [1.165, 1.54) is 7.11 Å². The number of ether oxygens (including phenoxy) is 2. The molecule has 0 unspecified atom stereocenters. The Balaban J connectivity index is 4.23. The van der Waals surface area contributed by atoms with E-state index in [-0.39, 0.29) is 24.4 Å². The molecule has 5 nitrogen and oxygen atoms in total. The third-order valence-corrected chi connectivity index (χ3v) is 2.01. The van der Waals surface area contributed by atoms with Crippen LogP contribution >= 0.6 is 0 Å². The highest BCUT2D eigenvalue weighted by molar-refractivity contribution is 5.78. The van der Waals surface area contributed by atoms with Crippen LogP contribution in [0.15, 0.2) is 0 Å². The first kappa shape index (κ1) is 15.9. The van der Waals surface area contributed by atoms with Gasteiger partial charge in [0.25, 0.3) is 0 Å². The predicted molar refractivity (Wildman–Crippen MR) is 64.5 cm³/mol. The molecule has 0 spiro atoms. The number of rotatable bonds is 5. The molecule has 0 bridgehead atoms. The molecule has 1 N–H and O–H groups in total. The minimum absolute atomic E-state index is 0.00475. The van der Waals surface area contributed by atoms with Crippen molar-refractivity contribution in [3.05, 3.63) is 0 Å². The molecule has 0 aliphatic carbocycles. The summed E-state index contributed by atoms with van der Waals surface area (Å²) in [5.41, 5.74) is -0.517. The maximum Gasteiger partial charge on any atom is 0.323 e. The van der Waals surface area contributed by atoms with Crippen molar-refractivity contribution in [2.75, 3.05) is 13.7 Å². The maximum atomic E-state index is 11.5. The Labute approximate surface area is 103 Å². The Kier molecular flexibility index (Phi) is 6.16. The van der Waals surface area contributed by atoms with E-state index in [1.54, 1.807) is 20.8 Å². The van der Waals surface area contributed by atoms with E-state index in [4.69, 9.17) is 4.74 Å². The maximum absolute atomic E-state index is 11.5. The van der Waals surface area contributed by atoms with Gasteiger partial charge in [0.2, 0.25) is 0 Å². The molecule has 0 radical (unpaired) electrons. The van der Waals surface area contributed by atoms with Crippen LogP contribution in [-0.4, -0.2) is 37.2 Å². The topological polar surface area (TPSA) is 64.6 Å². The first-order chi connectivity index (χ1) is 7.67. The summed E-state index contributed by atoms with van der Waals surface area (Å²) < 4.78 is 9.78. The zero-order valence-corrected chi connectivity index (χ0v) is 11.5. The number of hydrogen-bond donors (Lipinski definition) is 1. The molecule has 0 aliphatic heterocycles. The number of hydrogen-bond acceptors (Lipinski definition) is 5. The van der Waals surface area contributed by atoms with Gasteiger partial charge in [-0.05, 0) is 26.7 Å². The lowest BCUT2D eigenvalue weighted by Crippen LogP contribution is -2.45. The van der Waals surface area contributed by atoms with Crippen LogP contribution in [0.25, 0.3) is 0 Å². The molecule has 0 aromatic carbocycles. The fraction of sp³-hybridized carbons (Fsp3) is 0.833. The van der Waals surface area contributed by atoms with Crippen LogP contribution in [0.2, 0.25) is 0 Å². The van der Waals surface area contributed by atoms with E-state index in [1.807, 2.05) is 13.8 Å². The normalized spacial score (nSPS) is 13.4. The van der Waals surface area contributed by atoms with Gasteiger partial charge in [0, 0.05) is 0 Å². The van der Waals surface area contributed by atoms with E-state index >= 15 is 0 Å². The third kappa shape index (κ3) is 6.94. The Morgan fingerprint density at radius 1 is 1.24 bits per heavy atom. The summed E-state index contributed by atoms with van der Waals surface area (Å²) >= 11 is 0. The molecule has 5 heteroatoms. The van der Waals surface area contributed by atoms with Crippen molar-refractivity contribution in [1.29, 1.82) is 0 Å². The number of nitrogens with one attached hydrogen (secondary N) is 1. The summed E-state index contributed by atoms with van der Waals surface area (Å²) in [6.07, 6.45) is 0. The standard InChI is InChI=1S/C12H23NO4/c1-8(2)10(11(15)16-6)13-7-9(14)17-12(3,4)5/h8,10,13H,7H2,1-6H3/t10-/m0/s1. The van der Waals surface area contributed by atoms with Gasteiger partial charge in [-0.2, -0.15) is 0 Å². The zero-order chi connectivity index (χ0) is 13.6. The molecule has 100 valence electrons. The van der Waals surface area contributed by atoms with Crippen molar-refractivity contribution in [3.8, 4) is 0 Å². The van der Waals surface area contributed by atoms with Gasteiger partial charge in [0.1, 0.15) is 11.6 Å². The summed E-state index contributed by atoms with van der Waals surface area (Å²) in [4.78, 5) is 22.9. The lowest BCUT2D eigenvalue weighted by molar-refractivity contribution is -0.154. The number of carbonyl (C=O) groups excluding carboxylic acids is 2. The van der Waals surface area contributed by atoms with Gasteiger partial charge in [0.15, 0.2) is 0 Å². The zero-order valence-electron chi connectivity index (χ0n) is 11.5. The molecular formula is C12H23NO4. The van der Waals surface area contributed by atoms with Crippen LogP contribution in [0.5, 0.6) is 0 Å². The molecule has 0 fully saturated rings. The SMILES string of the molecule is COC(=O)[C@@H](NCC(=O)OC(C)(C)C)C(C)C. The highest BCUT2D eigenvalue weighted by Crippen LogP contribution is 2.07. The summed E-state index contributed by atoms with van der Waals surface area (Å²) in [6.45, 7) is 9.14. The monoisotopic (exact) mass is 245 g/mol. The van der Waals surface area contributed by atoms with Crippen LogP contribution in [0.3, 0.4) is 0 Å². The second-order valence-electron chi connectivity index (χ2n) is 5.21. The van der Waals surface area contributed by atoms with E-state index in [9.17, 15) is 9.59 Å². The van der Waals surface area contributed by atoms with Crippen molar-refractivity contribution >= 4 is 11.9 Å². The van der Waals surface area contributed by atoms with Gasteiger partial charge in [-0.1, -0.05) is 13.8 Å². The van der Waals surface area contributed by atoms with Gasteiger partial charge >= 0.3 is 11.9 Å². The van der Waals surface area contributed by atoms with Crippen LogP contribution in [0, 0.1) is 5.92 Å². The second-order valence-corrected chi connectivity index (χ2v) is 5.21. The Morgan fingerprint density at radius 2 is 1.76 bits per heavy atom. The fourth-order valence-corrected chi connectivity index (χ4v) is 1.29. The molecule has 0 aromatic rings. The van der Waals surface area contributed by atoms with Crippen molar-refractivity contribution in [2.45, 2.75) is 46.3 Å². The molecule has 0 amide bonds. The minimum atomic E-state index is -0.517.